The Morgan fingerprint density at radius 2 is 2.19 bits per heavy atom. The molecule has 1 fully saturated rings. The molecule has 0 saturated carbocycles. The van der Waals surface area contributed by atoms with Crippen molar-refractivity contribution in [2.24, 2.45) is 5.92 Å². The Morgan fingerprint density at radius 1 is 1.43 bits per heavy atom. The van der Waals surface area contributed by atoms with Crippen LogP contribution in [0.2, 0.25) is 0 Å². The van der Waals surface area contributed by atoms with E-state index in [0.29, 0.717) is 5.75 Å². The van der Waals surface area contributed by atoms with Crippen molar-refractivity contribution in [2.45, 2.75) is 13.5 Å². The number of aliphatic hydroxyl groups is 1. The van der Waals surface area contributed by atoms with Crippen molar-refractivity contribution in [1.29, 1.82) is 0 Å². The first-order valence-electron chi connectivity index (χ1n) is 7.40. The number of amides is 1. The fourth-order valence-corrected chi connectivity index (χ4v) is 4.00. The van der Waals surface area contributed by atoms with Gasteiger partial charge in [0.25, 0.3) is 0 Å². The number of thioether (sulfide) groups is 1. The molecule has 0 aromatic carbocycles. The number of piperazine rings is 1. The summed E-state index contributed by atoms with van der Waals surface area (Å²) in [6.07, 6.45) is 0. The fraction of sp³-hybridized carbons (Fsp3) is 0.667. The van der Waals surface area contributed by atoms with Gasteiger partial charge in [-0.05, 0) is 23.1 Å². The number of hydrogen-bond acceptors (Lipinski definition) is 5. The maximum Gasteiger partial charge on any atom is 0.232 e. The molecule has 2 rings (SSSR count). The Bertz CT molecular complexity index is 417. The Balaban J connectivity index is 1.65. The minimum Gasteiger partial charge on any atom is -0.396 e. The van der Waals surface area contributed by atoms with Crippen molar-refractivity contribution in [3.63, 3.8) is 0 Å². The van der Waals surface area contributed by atoms with E-state index >= 15 is 0 Å². The van der Waals surface area contributed by atoms with E-state index in [1.165, 1.54) is 4.88 Å². The lowest BCUT2D eigenvalue weighted by atomic mass is 10.2. The van der Waals surface area contributed by atoms with Gasteiger partial charge in [-0.2, -0.15) is 11.8 Å². The highest BCUT2D eigenvalue weighted by atomic mass is 32.2. The van der Waals surface area contributed by atoms with Crippen molar-refractivity contribution < 1.29 is 9.90 Å². The topological polar surface area (TPSA) is 43.8 Å². The molecule has 1 aliphatic rings. The molecule has 0 radical (unpaired) electrons. The molecule has 0 bridgehead atoms. The Morgan fingerprint density at radius 3 is 2.81 bits per heavy atom. The first-order chi connectivity index (χ1) is 10.2. The summed E-state index contributed by atoms with van der Waals surface area (Å²) in [6.45, 7) is 6.79. The zero-order valence-corrected chi connectivity index (χ0v) is 14.2. The highest BCUT2D eigenvalue weighted by molar-refractivity contribution is 7.99. The van der Waals surface area contributed by atoms with Crippen LogP contribution < -0.4 is 0 Å². The lowest BCUT2D eigenvalue weighted by molar-refractivity contribution is -0.130. The smallest absolute Gasteiger partial charge is 0.232 e. The van der Waals surface area contributed by atoms with Gasteiger partial charge in [-0.1, -0.05) is 13.0 Å². The first-order valence-corrected chi connectivity index (χ1v) is 9.43. The van der Waals surface area contributed by atoms with Gasteiger partial charge in [-0.15, -0.1) is 11.3 Å². The van der Waals surface area contributed by atoms with Crippen LogP contribution in [0.3, 0.4) is 0 Å². The summed E-state index contributed by atoms with van der Waals surface area (Å²) in [5.41, 5.74) is 0. The van der Waals surface area contributed by atoms with Gasteiger partial charge in [0, 0.05) is 44.2 Å². The van der Waals surface area contributed by atoms with Crippen LogP contribution in [0, 0.1) is 5.92 Å². The first kappa shape index (κ1) is 16.8. The summed E-state index contributed by atoms with van der Waals surface area (Å²) in [6, 6.07) is 4.26. The summed E-state index contributed by atoms with van der Waals surface area (Å²) in [7, 11) is 0. The molecule has 1 aromatic heterocycles. The van der Waals surface area contributed by atoms with E-state index in [1.54, 1.807) is 23.1 Å². The van der Waals surface area contributed by atoms with Crippen LogP contribution in [0.4, 0.5) is 0 Å². The molecule has 1 unspecified atom stereocenters. The van der Waals surface area contributed by atoms with Crippen molar-refractivity contribution in [2.75, 3.05) is 44.3 Å². The number of carbonyl (C=O) groups is 1. The Labute approximate surface area is 135 Å². The van der Waals surface area contributed by atoms with Crippen LogP contribution in [0.5, 0.6) is 0 Å². The molecular weight excluding hydrogens is 304 g/mol. The second-order valence-corrected chi connectivity index (χ2v) is 7.60. The molecule has 1 saturated heterocycles. The van der Waals surface area contributed by atoms with Crippen LogP contribution in [0.25, 0.3) is 0 Å². The number of hydrogen-bond donors (Lipinski definition) is 1. The van der Waals surface area contributed by atoms with Crippen molar-refractivity contribution >= 4 is 29.0 Å². The van der Waals surface area contributed by atoms with Gasteiger partial charge < -0.3 is 10.0 Å². The van der Waals surface area contributed by atoms with E-state index in [-0.39, 0.29) is 18.4 Å². The lowest BCUT2D eigenvalue weighted by Gasteiger charge is -2.34. The zero-order chi connectivity index (χ0) is 15.1. The summed E-state index contributed by atoms with van der Waals surface area (Å²) in [4.78, 5) is 17.9. The largest absolute Gasteiger partial charge is 0.396 e. The third-order valence-electron chi connectivity index (χ3n) is 3.62. The third-order valence-corrected chi connectivity index (χ3v) is 5.74. The van der Waals surface area contributed by atoms with Crippen molar-refractivity contribution in [3.8, 4) is 0 Å². The molecule has 1 aromatic rings. The number of nitrogens with zero attached hydrogens (tertiary/aromatic N) is 2. The van der Waals surface area contributed by atoms with E-state index in [0.717, 1.165) is 38.5 Å². The molecule has 21 heavy (non-hydrogen) atoms. The summed E-state index contributed by atoms with van der Waals surface area (Å²) >= 11 is 3.42. The van der Waals surface area contributed by atoms with Crippen molar-refractivity contribution in [3.05, 3.63) is 22.4 Å². The molecule has 4 nitrogen and oxygen atoms in total. The molecule has 0 aliphatic carbocycles. The van der Waals surface area contributed by atoms with Crippen molar-refractivity contribution in [1.82, 2.24) is 9.80 Å². The Kier molecular flexibility index (Phi) is 7.03. The molecule has 6 heteroatoms. The van der Waals surface area contributed by atoms with E-state index < -0.39 is 0 Å². The van der Waals surface area contributed by atoms with Gasteiger partial charge in [-0.3, -0.25) is 9.69 Å². The second kappa shape index (κ2) is 8.78. The monoisotopic (exact) mass is 328 g/mol. The van der Waals surface area contributed by atoms with Gasteiger partial charge in [0.2, 0.25) is 5.91 Å². The van der Waals surface area contributed by atoms with Crippen LogP contribution in [-0.4, -0.2) is 65.1 Å². The molecule has 1 amide bonds. The fourth-order valence-electron chi connectivity index (χ4n) is 2.27. The highest BCUT2D eigenvalue weighted by Gasteiger charge is 2.21. The van der Waals surface area contributed by atoms with Crippen LogP contribution in [-0.2, 0) is 11.3 Å². The summed E-state index contributed by atoms with van der Waals surface area (Å²) in [5, 5.41) is 11.1. The van der Waals surface area contributed by atoms with Gasteiger partial charge in [-0.25, -0.2) is 0 Å². The SMILES string of the molecule is CC(CO)CSCC(=O)N1CCN(Cc2cccs2)CC1. The quantitative estimate of drug-likeness (QED) is 0.828. The Hall–Kier alpha value is -0.560. The predicted octanol–water partition coefficient (Wildman–Crippen LogP) is 1.75. The minimum atomic E-state index is 0.197. The van der Waals surface area contributed by atoms with E-state index in [2.05, 4.69) is 22.4 Å². The van der Waals surface area contributed by atoms with Crippen LogP contribution in [0.1, 0.15) is 11.8 Å². The number of aliphatic hydroxyl groups excluding tert-OH is 1. The second-order valence-electron chi connectivity index (χ2n) is 5.54. The van der Waals surface area contributed by atoms with Gasteiger partial charge in [0.05, 0.1) is 5.75 Å². The molecule has 2 heterocycles. The van der Waals surface area contributed by atoms with E-state index in [4.69, 9.17) is 5.11 Å². The van der Waals surface area contributed by atoms with Gasteiger partial charge in [0.1, 0.15) is 0 Å². The van der Waals surface area contributed by atoms with Gasteiger partial charge >= 0.3 is 0 Å². The average Bonchev–Trinajstić information content (AvgIpc) is 3.00. The maximum absolute atomic E-state index is 12.1. The average molecular weight is 329 g/mol. The van der Waals surface area contributed by atoms with Crippen LogP contribution >= 0.6 is 23.1 Å². The lowest BCUT2D eigenvalue weighted by Crippen LogP contribution is -2.48. The normalized spacial score (nSPS) is 17.9. The van der Waals surface area contributed by atoms with Gasteiger partial charge in [0.15, 0.2) is 0 Å². The molecule has 0 spiro atoms. The van der Waals surface area contributed by atoms with E-state index in [9.17, 15) is 4.79 Å². The van der Waals surface area contributed by atoms with E-state index in [1.807, 2.05) is 11.8 Å². The number of carbonyl (C=O) groups excluding carboxylic acids is 1. The minimum absolute atomic E-state index is 0.197. The standard InChI is InChI=1S/C15H24N2O2S2/c1-13(10-18)11-20-12-15(19)17-6-4-16(5-7-17)9-14-3-2-8-21-14/h2-3,8,13,18H,4-7,9-12H2,1H3. The molecule has 1 aliphatic heterocycles. The highest BCUT2D eigenvalue weighted by Crippen LogP contribution is 2.14. The third kappa shape index (κ3) is 5.62. The molecular formula is C15H24N2O2S2. The number of thiophene rings is 1. The molecule has 1 N–H and O–H groups in total. The number of rotatable bonds is 7. The zero-order valence-electron chi connectivity index (χ0n) is 12.5. The van der Waals surface area contributed by atoms with Crippen LogP contribution in [0.15, 0.2) is 17.5 Å². The maximum atomic E-state index is 12.1. The summed E-state index contributed by atoms with van der Waals surface area (Å²) in [5.74, 6) is 1.89. The predicted molar refractivity (Wildman–Crippen MR) is 89.8 cm³/mol. The molecule has 1 atom stereocenters. The summed E-state index contributed by atoms with van der Waals surface area (Å²) < 4.78 is 0. The molecule has 118 valence electrons.